The van der Waals surface area contributed by atoms with E-state index in [1.165, 1.54) is 17.4 Å². The van der Waals surface area contributed by atoms with Crippen LogP contribution in [0.4, 0.5) is 4.39 Å². The van der Waals surface area contributed by atoms with E-state index in [1.54, 1.807) is 36.6 Å². The van der Waals surface area contributed by atoms with Crippen molar-refractivity contribution in [2.75, 3.05) is 26.6 Å². The summed E-state index contributed by atoms with van der Waals surface area (Å²) in [7, 11) is 3.21. The smallest absolute Gasteiger partial charge is 0.249 e. The third-order valence-corrected chi connectivity index (χ3v) is 6.09. The van der Waals surface area contributed by atoms with Crippen molar-refractivity contribution in [2.45, 2.75) is 17.9 Å². The molecule has 1 heterocycles. The highest BCUT2D eigenvalue weighted by molar-refractivity contribution is 7.99. The van der Waals surface area contributed by atoms with Crippen LogP contribution in [-0.2, 0) is 16.1 Å². The van der Waals surface area contributed by atoms with Gasteiger partial charge in [0.25, 0.3) is 0 Å². The number of hydrogen-bond donors (Lipinski definition) is 0. The minimum atomic E-state index is -0.325. The number of thiazole rings is 1. The number of carbonyl (C=O) groups is 1. The molecule has 3 aromatic rings. The zero-order valence-electron chi connectivity index (χ0n) is 15.7. The highest BCUT2D eigenvalue weighted by Gasteiger charge is 2.11. The fourth-order valence-electron chi connectivity index (χ4n) is 2.65. The lowest BCUT2D eigenvalue weighted by Gasteiger charge is -2.05. The van der Waals surface area contributed by atoms with Crippen molar-refractivity contribution in [3.63, 3.8) is 0 Å². The Labute approximate surface area is 170 Å². The SMILES string of the molecule is COCCn1c(=NC(=O)CCSc2ccc(OC)cc2)sc2cccc(F)c21. The Bertz CT molecular complexity index is 1010. The van der Waals surface area contributed by atoms with Crippen molar-refractivity contribution in [3.05, 3.63) is 53.1 Å². The van der Waals surface area contributed by atoms with Crippen molar-refractivity contribution in [3.8, 4) is 5.75 Å². The summed E-state index contributed by atoms with van der Waals surface area (Å²) in [4.78, 5) is 18.2. The molecule has 2 aromatic carbocycles. The number of nitrogens with zero attached hydrogens (tertiary/aromatic N) is 2. The molecule has 8 heteroatoms. The van der Waals surface area contributed by atoms with Gasteiger partial charge >= 0.3 is 0 Å². The van der Waals surface area contributed by atoms with Crippen LogP contribution >= 0.6 is 23.1 Å². The number of carbonyl (C=O) groups excluding carboxylic acids is 1. The molecule has 148 valence electrons. The number of benzene rings is 2. The molecule has 0 bridgehead atoms. The van der Waals surface area contributed by atoms with Gasteiger partial charge in [0.2, 0.25) is 5.91 Å². The lowest BCUT2D eigenvalue weighted by molar-refractivity contribution is -0.117. The topological polar surface area (TPSA) is 52.8 Å². The van der Waals surface area contributed by atoms with Crippen LogP contribution in [0.25, 0.3) is 10.2 Å². The molecule has 1 aromatic heterocycles. The molecule has 0 aliphatic rings. The third kappa shape index (κ3) is 5.01. The number of thioether (sulfide) groups is 1. The van der Waals surface area contributed by atoms with Crippen LogP contribution in [-0.4, -0.2) is 37.1 Å². The minimum absolute atomic E-state index is 0.223. The molecule has 0 saturated carbocycles. The van der Waals surface area contributed by atoms with Gasteiger partial charge in [-0.25, -0.2) is 4.39 Å². The summed E-state index contributed by atoms with van der Waals surface area (Å²) in [5.74, 6) is 0.868. The van der Waals surface area contributed by atoms with Gasteiger partial charge in [-0.1, -0.05) is 17.4 Å². The van der Waals surface area contributed by atoms with Gasteiger partial charge in [0.05, 0.1) is 23.9 Å². The van der Waals surface area contributed by atoms with Crippen LogP contribution < -0.4 is 9.54 Å². The molecule has 1 amide bonds. The standard InChI is InChI=1S/C20H21FN2O3S2/c1-25-12-11-23-19-16(21)4-3-5-17(19)28-20(23)22-18(24)10-13-27-15-8-6-14(26-2)7-9-15/h3-9H,10-13H2,1-2H3. The predicted octanol–water partition coefficient (Wildman–Crippen LogP) is 4.11. The zero-order chi connectivity index (χ0) is 19.9. The quantitative estimate of drug-likeness (QED) is 0.515. The number of halogens is 1. The molecule has 5 nitrogen and oxygen atoms in total. The second kappa shape index (κ2) is 9.86. The summed E-state index contributed by atoms with van der Waals surface area (Å²) in [5.41, 5.74) is 0.462. The summed E-state index contributed by atoms with van der Waals surface area (Å²) in [6.07, 6.45) is 0.303. The number of fused-ring (bicyclic) bond motifs is 1. The Morgan fingerprint density at radius 1 is 1.21 bits per heavy atom. The number of hydrogen-bond acceptors (Lipinski definition) is 5. The highest BCUT2D eigenvalue weighted by atomic mass is 32.2. The average Bonchev–Trinajstić information content (AvgIpc) is 3.05. The summed E-state index contributed by atoms with van der Waals surface area (Å²) in [5, 5.41) is 0. The summed E-state index contributed by atoms with van der Waals surface area (Å²) >= 11 is 2.89. The van der Waals surface area contributed by atoms with E-state index < -0.39 is 0 Å². The van der Waals surface area contributed by atoms with Crippen LogP contribution in [0.3, 0.4) is 0 Å². The average molecular weight is 421 g/mol. The van der Waals surface area contributed by atoms with Crippen LogP contribution in [0.5, 0.6) is 5.75 Å². The van der Waals surface area contributed by atoms with E-state index in [-0.39, 0.29) is 11.7 Å². The Balaban J connectivity index is 1.73. The second-order valence-electron chi connectivity index (χ2n) is 5.90. The number of rotatable bonds is 8. The Morgan fingerprint density at radius 3 is 2.71 bits per heavy atom. The Kier molecular flexibility index (Phi) is 7.24. The second-order valence-corrected chi connectivity index (χ2v) is 8.07. The van der Waals surface area contributed by atoms with Gasteiger partial charge in [-0.15, -0.1) is 11.8 Å². The van der Waals surface area contributed by atoms with Gasteiger partial charge in [0.15, 0.2) is 4.80 Å². The number of ether oxygens (including phenoxy) is 2. The molecule has 28 heavy (non-hydrogen) atoms. The van der Waals surface area contributed by atoms with Gasteiger partial charge < -0.3 is 14.0 Å². The van der Waals surface area contributed by atoms with Gasteiger partial charge in [-0.05, 0) is 36.4 Å². The zero-order valence-corrected chi connectivity index (χ0v) is 17.3. The number of methoxy groups -OCH3 is 2. The number of amides is 1. The van der Waals surface area contributed by atoms with E-state index >= 15 is 0 Å². The van der Waals surface area contributed by atoms with Crippen molar-refractivity contribution in [1.82, 2.24) is 4.57 Å². The molecular formula is C20H21FN2O3S2. The fraction of sp³-hybridized carbons (Fsp3) is 0.300. The molecule has 0 aliphatic carbocycles. The molecule has 0 radical (unpaired) electrons. The molecule has 0 atom stereocenters. The van der Waals surface area contributed by atoms with Crippen LogP contribution in [0.2, 0.25) is 0 Å². The first-order valence-corrected chi connectivity index (χ1v) is 10.5. The molecule has 0 spiro atoms. The Morgan fingerprint density at radius 2 is 2.00 bits per heavy atom. The highest BCUT2D eigenvalue weighted by Crippen LogP contribution is 2.22. The van der Waals surface area contributed by atoms with E-state index in [1.807, 2.05) is 30.3 Å². The van der Waals surface area contributed by atoms with Gasteiger partial charge in [0, 0.05) is 30.7 Å². The summed E-state index contributed by atoms with van der Waals surface area (Å²) in [6.45, 7) is 0.846. The fourth-order valence-corrected chi connectivity index (χ4v) is 4.58. The molecule has 0 saturated heterocycles. The van der Waals surface area contributed by atoms with Crippen LogP contribution in [0.15, 0.2) is 52.4 Å². The van der Waals surface area contributed by atoms with E-state index in [0.717, 1.165) is 15.3 Å². The maximum absolute atomic E-state index is 14.3. The molecule has 3 rings (SSSR count). The van der Waals surface area contributed by atoms with E-state index in [4.69, 9.17) is 9.47 Å². The van der Waals surface area contributed by atoms with Gasteiger partial charge in [-0.3, -0.25) is 4.79 Å². The largest absolute Gasteiger partial charge is 0.497 e. The summed E-state index contributed by atoms with van der Waals surface area (Å²) < 4.78 is 27.0. The molecule has 0 fully saturated rings. The predicted molar refractivity (Wildman–Crippen MR) is 111 cm³/mol. The number of aromatic nitrogens is 1. The van der Waals surface area contributed by atoms with Crippen molar-refractivity contribution < 1.29 is 18.7 Å². The lowest BCUT2D eigenvalue weighted by Crippen LogP contribution is -2.20. The molecule has 0 unspecified atom stereocenters. The molecular weight excluding hydrogens is 399 g/mol. The van der Waals surface area contributed by atoms with E-state index in [9.17, 15) is 9.18 Å². The first kappa shape index (κ1) is 20.6. The van der Waals surface area contributed by atoms with Crippen molar-refractivity contribution in [2.24, 2.45) is 4.99 Å². The molecule has 0 aliphatic heterocycles. The minimum Gasteiger partial charge on any atom is -0.497 e. The van der Waals surface area contributed by atoms with Crippen LogP contribution in [0, 0.1) is 5.82 Å². The maximum atomic E-state index is 14.3. The maximum Gasteiger partial charge on any atom is 0.249 e. The first-order chi connectivity index (χ1) is 13.6. The van der Waals surface area contributed by atoms with Crippen molar-refractivity contribution in [1.29, 1.82) is 0 Å². The van der Waals surface area contributed by atoms with Crippen molar-refractivity contribution >= 4 is 39.2 Å². The van der Waals surface area contributed by atoms with E-state index in [0.29, 0.717) is 35.6 Å². The lowest BCUT2D eigenvalue weighted by atomic mass is 10.3. The third-order valence-electron chi connectivity index (χ3n) is 4.04. The van der Waals surface area contributed by atoms with E-state index in [2.05, 4.69) is 4.99 Å². The normalized spacial score (nSPS) is 11.9. The summed E-state index contributed by atoms with van der Waals surface area (Å²) in [6, 6.07) is 12.6. The Hall–Kier alpha value is -2.16. The van der Waals surface area contributed by atoms with Gasteiger partial charge in [0.1, 0.15) is 11.6 Å². The van der Waals surface area contributed by atoms with Gasteiger partial charge in [-0.2, -0.15) is 4.99 Å². The monoisotopic (exact) mass is 420 g/mol. The molecule has 0 N–H and O–H groups in total. The van der Waals surface area contributed by atoms with Crippen LogP contribution in [0.1, 0.15) is 6.42 Å². The number of para-hydroxylation sites is 1. The first-order valence-electron chi connectivity index (χ1n) is 8.73.